The molecule has 0 saturated heterocycles. The number of nitrogens with one attached hydrogen (secondary N) is 1. The first-order chi connectivity index (χ1) is 8.65. The van der Waals surface area contributed by atoms with Crippen LogP contribution < -0.4 is 14.8 Å². The fraction of sp³-hybridized carbons (Fsp3) is 0.462. The molecule has 0 aliphatic carbocycles. The highest BCUT2D eigenvalue weighted by atomic mass is 16.5. The number of aliphatic carboxylic acids is 1. The number of anilines is 1. The Bertz CT molecular complexity index is 459. The summed E-state index contributed by atoms with van der Waals surface area (Å²) in [7, 11) is 3.18. The molecule has 1 aliphatic heterocycles. The van der Waals surface area contributed by atoms with Gasteiger partial charge in [-0.3, -0.25) is 4.79 Å². The number of carboxylic acids is 1. The summed E-state index contributed by atoms with van der Waals surface area (Å²) in [4.78, 5) is 10.9. The largest absolute Gasteiger partial charge is 0.497 e. The van der Waals surface area contributed by atoms with Crippen LogP contribution in [0.15, 0.2) is 12.1 Å². The van der Waals surface area contributed by atoms with Crippen molar-refractivity contribution in [1.82, 2.24) is 0 Å². The van der Waals surface area contributed by atoms with Gasteiger partial charge in [0, 0.05) is 12.6 Å². The predicted molar refractivity (Wildman–Crippen MR) is 67.6 cm³/mol. The summed E-state index contributed by atoms with van der Waals surface area (Å²) in [6, 6.07) is 3.69. The Hall–Kier alpha value is -1.91. The van der Waals surface area contributed by atoms with Crippen molar-refractivity contribution in [3.05, 3.63) is 17.7 Å². The van der Waals surface area contributed by atoms with E-state index in [1.165, 1.54) is 0 Å². The zero-order valence-corrected chi connectivity index (χ0v) is 10.5. The summed E-state index contributed by atoms with van der Waals surface area (Å²) in [5.74, 6) is 0.599. The lowest BCUT2D eigenvalue weighted by Gasteiger charge is -2.27. The highest BCUT2D eigenvalue weighted by Crippen LogP contribution is 2.42. The second kappa shape index (κ2) is 5.16. The normalized spacial score (nSPS) is 17.6. The van der Waals surface area contributed by atoms with Crippen molar-refractivity contribution in [1.29, 1.82) is 0 Å². The van der Waals surface area contributed by atoms with Crippen LogP contribution in [0.3, 0.4) is 0 Å². The van der Waals surface area contributed by atoms with Gasteiger partial charge in [0.25, 0.3) is 0 Å². The van der Waals surface area contributed by atoms with E-state index in [9.17, 15) is 4.79 Å². The Morgan fingerprint density at radius 1 is 1.44 bits per heavy atom. The first kappa shape index (κ1) is 12.5. The van der Waals surface area contributed by atoms with Crippen LogP contribution in [-0.4, -0.2) is 31.8 Å². The summed E-state index contributed by atoms with van der Waals surface area (Å²) in [5, 5.41) is 12.2. The van der Waals surface area contributed by atoms with Gasteiger partial charge in [-0.15, -0.1) is 0 Å². The minimum Gasteiger partial charge on any atom is -0.497 e. The predicted octanol–water partition coefficient (Wildman–Crippen LogP) is 2.08. The second-order valence-corrected chi connectivity index (χ2v) is 4.30. The molecule has 98 valence electrons. The van der Waals surface area contributed by atoms with Gasteiger partial charge in [0.1, 0.15) is 11.5 Å². The molecule has 1 atom stereocenters. The summed E-state index contributed by atoms with van der Waals surface area (Å²) in [6.45, 7) is 0.758. The summed E-state index contributed by atoms with van der Waals surface area (Å²) < 4.78 is 10.5. The van der Waals surface area contributed by atoms with E-state index in [1.54, 1.807) is 20.3 Å². The maximum atomic E-state index is 10.9. The molecule has 2 N–H and O–H groups in total. The van der Waals surface area contributed by atoms with Crippen molar-refractivity contribution >= 4 is 11.7 Å². The van der Waals surface area contributed by atoms with Crippen LogP contribution in [0, 0.1) is 0 Å². The fourth-order valence-electron chi connectivity index (χ4n) is 2.35. The molecule has 5 heteroatoms. The van der Waals surface area contributed by atoms with Crippen molar-refractivity contribution in [3.8, 4) is 11.5 Å². The molecule has 0 bridgehead atoms. The number of rotatable bonds is 4. The van der Waals surface area contributed by atoms with Gasteiger partial charge in [-0.2, -0.15) is 0 Å². The molecule has 0 saturated carbocycles. The monoisotopic (exact) mass is 251 g/mol. The average Bonchev–Trinajstić information content (AvgIpc) is 2.37. The molecule has 18 heavy (non-hydrogen) atoms. The Labute approximate surface area is 106 Å². The zero-order valence-electron chi connectivity index (χ0n) is 10.5. The van der Waals surface area contributed by atoms with E-state index in [0.29, 0.717) is 11.5 Å². The van der Waals surface area contributed by atoms with Gasteiger partial charge in [-0.1, -0.05) is 0 Å². The maximum absolute atomic E-state index is 10.9. The summed E-state index contributed by atoms with van der Waals surface area (Å²) in [5.41, 5.74) is 1.84. The third-order valence-corrected chi connectivity index (χ3v) is 3.22. The fourth-order valence-corrected chi connectivity index (χ4v) is 2.35. The minimum absolute atomic E-state index is 0.00255. The molecule has 0 spiro atoms. The number of hydrogen-bond acceptors (Lipinski definition) is 4. The third kappa shape index (κ3) is 2.34. The molecule has 0 aromatic heterocycles. The number of fused-ring (bicyclic) bond motifs is 1. The standard InChI is InChI=1S/C13H17NO4/c1-17-9-6-10-8(5-12(15)16)3-4-14-13(10)11(7-9)18-2/h6-8,14H,3-5H2,1-2H3,(H,15,16). The zero-order chi connectivity index (χ0) is 13.1. The molecule has 0 radical (unpaired) electrons. The van der Waals surface area contributed by atoms with Crippen LogP contribution in [0.25, 0.3) is 0 Å². The lowest BCUT2D eigenvalue weighted by atomic mass is 9.88. The number of carboxylic acid groups (broad SMARTS) is 1. The number of carbonyl (C=O) groups is 1. The van der Waals surface area contributed by atoms with Gasteiger partial charge in [0.2, 0.25) is 0 Å². The van der Waals surface area contributed by atoms with E-state index in [0.717, 1.165) is 24.2 Å². The summed E-state index contributed by atoms with van der Waals surface area (Å²) >= 11 is 0. The van der Waals surface area contributed by atoms with Gasteiger partial charge in [0.15, 0.2) is 0 Å². The Balaban J connectivity index is 2.44. The van der Waals surface area contributed by atoms with Crippen LogP contribution in [0.4, 0.5) is 5.69 Å². The molecule has 1 heterocycles. The quantitative estimate of drug-likeness (QED) is 0.857. The topological polar surface area (TPSA) is 67.8 Å². The molecule has 2 rings (SSSR count). The van der Waals surface area contributed by atoms with Gasteiger partial charge >= 0.3 is 5.97 Å². The highest BCUT2D eigenvalue weighted by Gasteiger charge is 2.25. The number of benzene rings is 1. The first-order valence-electron chi connectivity index (χ1n) is 5.87. The molecule has 1 aliphatic rings. The Morgan fingerprint density at radius 3 is 2.83 bits per heavy atom. The summed E-state index contributed by atoms with van der Waals surface area (Å²) in [6.07, 6.45) is 0.931. The van der Waals surface area contributed by atoms with Gasteiger partial charge in [-0.05, 0) is 24.0 Å². The van der Waals surface area contributed by atoms with Crippen LogP contribution in [-0.2, 0) is 4.79 Å². The third-order valence-electron chi connectivity index (χ3n) is 3.22. The van der Waals surface area contributed by atoms with E-state index in [1.807, 2.05) is 6.07 Å². The lowest BCUT2D eigenvalue weighted by molar-refractivity contribution is -0.137. The van der Waals surface area contributed by atoms with Crippen LogP contribution >= 0.6 is 0 Å². The van der Waals surface area contributed by atoms with Crippen molar-refractivity contribution in [2.75, 3.05) is 26.1 Å². The van der Waals surface area contributed by atoms with Gasteiger partial charge in [-0.25, -0.2) is 0 Å². The molecule has 1 aromatic rings. The van der Waals surface area contributed by atoms with E-state index >= 15 is 0 Å². The number of ether oxygens (including phenoxy) is 2. The maximum Gasteiger partial charge on any atom is 0.303 e. The molecule has 0 amide bonds. The molecule has 1 unspecified atom stereocenters. The lowest BCUT2D eigenvalue weighted by Crippen LogP contribution is -2.19. The van der Waals surface area contributed by atoms with Crippen molar-refractivity contribution in [3.63, 3.8) is 0 Å². The molecule has 0 fully saturated rings. The van der Waals surface area contributed by atoms with E-state index < -0.39 is 5.97 Å². The molecular weight excluding hydrogens is 234 g/mol. The smallest absolute Gasteiger partial charge is 0.303 e. The first-order valence-corrected chi connectivity index (χ1v) is 5.87. The van der Waals surface area contributed by atoms with Gasteiger partial charge < -0.3 is 19.9 Å². The van der Waals surface area contributed by atoms with Crippen molar-refractivity contribution in [2.24, 2.45) is 0 Å². The Kier molecular flexibility index (Phi) is 3.60. The highest BCUT2D eigenvalue weighted by molar-refractivity contribution is 5.72. The van der Waals surface area contributed by atoms with Crippen LogP contribution in [0.2, 0.25) is 0 Å². The number of hydrogen-bond donors (Lipinski definition) is 2. The Morgan fingerprint density at radius 2 is 2.22 bits per heavy atom. The van der Waals surface area contributed by atoms with Gasteiger partial charge in [0.05, 0.1) is 26.3 Å². The molecule has 5 nitrogen and oxygen atoms in total. The number of methoxy groups -OCH3 is 2. The van der Waals surface area contributed by atoms with Crippen LogP contribution in [0.5, 0.6) is 11.5 Å². The van der Waals surface area contributed by atoms with E-state index in [-0.39, 0.29) is 12.3 Å². The molecular formula is C13H17NO4. The second-order valence-electron chi connectivity index (χ2n) is 4.30. The SMILES string of the molecule is COc1cc(OC)c2c(c1)C(CC(=O)O)CCN2. The van der Waals surface area contributed by atoms with E-state index in [4.69, 9.17) is 14.6 Å². The average molecular weight is 251 g/mol. The van der Waals surface area contributed by atoms with Crippen LogP contribution in [0.1, 0.15) is 24.3 Å². The van der Waals surface area contributed by atoms with E-state index in [2.05, 4.69) is 5.32 Å². The van der Waals surface area contributed by atoms with Crippen molar-refractivity contribution in [2.45, 2.75) is 18.8 Å². The minimum atomic E-state index is -0.783. The molecule has 1 aromatic carbocycles. The van der Waals surface area contributed by atoms with Crippen molar-refractivity contribution < 1.29 is 19.4 Å².